The minimum atomic E-state index is -0.0384. The average molecular weight is 359 g/mol. The molecule has 1 N–H and O–H groups in total. The van der Waals surface area contributed by atoms with Gasteiger partial charge in [0.15, 0.2) is 5.78 Å². The highest BCUT2D eigenvalue weighted by Gasteiger charge is 2.20. The average Bonchev–Trinajstić information content (AvgIpc) is 2.64. The van der Waals surface area contributed by atoms with Gasteiger partial charge in [-0.1, -0.05) is 45.0 Å². The van der Waals surface area contributed by atoms with Crippen LogP contribution in [0.1, 0.15) is 43.6 Å². The molecule has 138 valence electrons. The maximum Gasteiger partial charge on any atom is 0.159 e. The van der Waals surface area contributed by atoms with E-state index in [1.807, 2.05) is 71.6 Å². The van der Waals surface area contributed by atoms with Gasteiger partial charge in [0.05, 0.1) is 5.69 Å². The Labute approximate surface area is 160 Å². The molecule has 0 bridgehead atoms. The summed E-state index contributed by atoms with van der Waals surface area (Å²) in [4.78, 5) is 13.6. The van der Waals surface area contributed by atoms with Gasteiger partial charge in [0.1, 0.15) is 5.75 Å². The molecule has 0 aliphatic heterocycles. The number of aromatic hydroxyl groups is 1. The van der Waals surface area contributed by atoms with Crippen molar-refractivity contribution in [1.82, 2.24) is 0 Å². The highest BCUT2D eigenvalue weighted by molar-refractivity contribution is 5.94. The minimum absolute atomic E-state index is 0.0328. The van der Waals surface area contributed by atoms with Crippen LogP contribution < -0.4 is 4.90 Å². The van der Waals surface area contributed by atoms with Gasteiger partial charge >= 0.3 is 0 Å². The van der Waals surface area contributed by atoms with Gasteiger partial charge in [0, 0.05) is 16.9 Å². The highest BCUT2D eigenvalue weighted by Crippen LogP contribution is 2.41. The second-order valence-corrected chi connectivity index (χ2v) is 7.73. The number of nitrogens with zero attached hydrogens (tertiary/aromatic N) is 1. The summed E-state index contributed by atoms with van der Waals surface area (Å²) in [5.41, 5.74) is 4.30. The van der Waals surface area contributed by atoms with E-state index in [4.69, 9.17) is 0 Å². The smallest absolute Gasteiger partial charge is 0.159 e. The van der Waals surface area contributed by atoms with Crippen LogP contribution in [0.5, 0.6) is 5.75 Å². The van der Waals surface area contributed by atoms with E-state index in [1.165, 1.54) is 0 Å². The number of rotatable bonds is 4. The number of phenolic OH excluding ortho intramolecular Hbond substituents is 1. The molecule has 0 spiro atoms. The molecule has 3 nitrogen and oxygen atoms in total. The zero-order valence-corrected chi connectivity index (χ0v) is 16.2. The summed E-state index contributed by atoms with van der Waals surface area (Å²) in [5, 5.41) is 10.6. The van der Waals surface area contributed by atoms with Crippen molar-refractivity contribution in [2.24, 2.45) is 0 Å². The molecule has 0 heterocycles. The van der Waals surface area contributed by atoms with Gasteiger partial charge in [-0.15, -0.1) is 0 Å². The summed E-state index contributed by atoms with van der Waals surface area (Å²) in [6.07, 6.45) is 0. The van der Waals surface area contributed by atoms with Crippen molar-refractivity contribution >= 4 is 22.8 Å². The first kappa shape index (κ1) is 18.7. The molecule has 0 aliphatic carbocycles. The summed E-state index contributed by atoms with van der Waals surface area (Å²) in [6.45, 7) is 8.01. The van der Waals surface area contributed by atoms with Crippen LogP contribution in [0.2, 0.25) is 0 Å². The van der Waals surface area contributed by atoms with Gasteiger partial charge in [-0.25, -0.2) is 0 Å². The third-order valence-electron chi connectivity index (χ3n) is 4.63. The van der Waals surface area contributed by atoms with Gasteiger partial charge in [-0.2, -0.15) is 0 Å². The van der Waals surface area contributed by atoms with Crippen LogP contribution in [0.3, 0.4) is 0 Å². The van der Waals surface area contributed by atoms with Crippen LogP contribution in [0, 0.1) is 0 Å². The van der Waals surface area contributed by atoms with Crippen LogP contribution in [-0.4, -0.2) is 10.9 Å². The number of phenols is 1. The topological polar surface area (TPSA) is 40.5 Å². The predicted octanol–water partition coefficient (Wildman–Crippen LogP) is 6.36. The number of para-hydroxylation sites is 1. The Morgan fingerprint density at radius 2 is 1.44 bits per heavy atom. The largest absolute Gasteiger partial charge is 0.506 e. The van der Waals surface area contributed by atoms with Crippen molar-refractivity contribution in [3.63, 3.8) is 0 Å². The van der Waals surface area contributed by atoms with Crippen LogP contribution in [0.25, 0.3) is 0 Å². The van der Waals surface area contributed by atoms with Crippen LogP contribution in [0.15, 0.2) is 72.8 Å². The van der Waals surface area contributed by atoms with Crippen molar-refractivity contribution in [1.29, 1.82) is 0 Å². The van der Waals surface area contributed by atoms with Gasteiger partial charge in [-0.05, 0) is 66.4 Å². The number of ketones is 1. The Balaban J connectivity index is 2.18. The fraction of sp³-hybridized carbons (Fsp3) is 0.208. The van der Waals surface area contributed by atoms with E-state index >= 15 is 0 Å². The molecule has 0 aromatic heterocycles. The first-order valence-electron chi connectivity index (χ1n) is 9.07. The minimum Gasteiger partial charge on any atom is -0.506 e. The molecule has 0 amide bonds. The van der Waals surface area contributed by atoms with E-state index in [0.29, 0.717) is 11.3 Å². The fourth-order valence-corrected chi connectivity index (χ4v) is 3.02. The molecule has 3 aromatic rings. The lowest BCUT2D eigenvalue weighted by molar-refractivity contribution is 0.101. The zero-order chi connectivity index (χ0) is 19.6. The molecule has 0 unspecified atom stereocenters. The Hall–Kier alpha value is -3.07. The molecule has 3 aromatic carbocycles. The first-order chi connectivity index (χ1) is 12.8. The molecule has 27 heavy (non-hydrogen) atoms. The Kier molecular flexibility index (Phi) is 5.04. The highest BCUT2D eigenvalue weighted by atomic mass is 16.3. The van der Waals surface area contributed by atoms with Gasteiger partial charge in [0.25, 0.3) is 0 Å². The summed E-state index contributed by atoms with van der Waals surface area (Å²) in [6, 6.07) is 23.1. The monoisotopic (exact) mass is 359 g/mol. The molecule has 0 fully saturated rings. The van der Waals surface area contributed by atoms with E-state index in [-0.39, 0.29) is 16.9 Å². The molecule has 3 rings (SSSR count). The van der Waals surface area contributed by atoms with E-state index in [9.17, 15) is 9.90 Å². The lowest BCUT2D eigenvalue weighted by Crippen LogP contribution is -2.14. The summed E-state index contributed by atoms with van der Waals surface area (Å²) >= 11 is 0. The number of carbonyl (C=O) groups is 1. The van der Waals surface area contributed by atoms with E-state index < -0.39 is 0 Å². The van der Waals surface area contributed by atoms with Crippen molar-refractivity contribution < 1.29 is 9.90 Å². The number of Topliss-reactive ketones (excluding diaryl/α,β-unsaturated/α-hetero) is 1. The van der Waals surface area contributed by atoms with Crippen LogP contribution >= 0.6 is 0 Å². The molecule has 0 aliphatic rings. The van der Waals surface area contributed by atoms with Gasteiger partial charge < -0.3 is 10.0 Å². The molecule has 3 heteroatoms. The number of hydrogen-bond acceptors (Lipinski definition) is 3. The van der Waals surface area contributed by atoms with Crippen molar-refractivity contribution in [3.05, 3.63) is 83.9 Å². The Bertz CT molecular complexity index is 938. The summed E-state index contributed by atoms with van der Waals surface area (Å²) in [5.74, 6) is 0.243. The maximum atomic E-state index is 11.6. The third-order valence-corrected chi connectivity index (χ3v) is 4.63. The van der Waals surface area contributed by atoms with Crippen LogP contribution in [-0.2, 0) is 5.41 Å². The second kappa shape index (κ2) is 7.28. The van der Waals surface area contributed by atoms with Crippen molar-refractivity contribution in [2.45, 2.75) is 33.1 Å². The standard InChI is InChI=1S/C24H25NO2/c1-17(26)18-10-13-21(14-11-18)25(20-8-6-5-7-9-20)22-16-19(24(2,3)4)12-15-23(22)27/h5-16,27H,1-4H3. The maximum absolute atomic E-state index is 11.6. The lowest BCUT2D eigenvalue weighted by Gasteiger charge is -2.28. The number of hydrogen-bond donors (Lipinski definition) is 1. The summed E-state index contributed by atoms with van der Waals surface area (Å²) < 4.78 is 0. The zero-order valence-electron chi connectivity index (χ0n) is 16.2. The number of anilines is 3. The normalized spacial score (nSPS) is 11.3. The van der Waals surface area contributed by atoms with E-state index in [1.54, 1.807) is 13.0 Å². The second-order valence-electron chi connectivity index (χ2n) is 7.73. The molecule has 0 radical (unpaired) electrons. The number of benzene rings is 3. The SMILES string of the molecule is CC(=O)c1ccc(N(c2ccccc2)c2cc(C(C)(C)C)ccc2O)cc1. The molecular weight excluding hydrogens is 334 g/mol. The fourth-order valence-electron chi connectivity index (χ4n) is 3.02. The third kappa shape index (κ3) is 4.03. The molecule has 0 saturated heterocycles. The Morgan fingerprint density at radius 3 is 2.00 bits per heavy atom. The van der Waals surface area contributed by atoms with E-state index in [2.05, 4.69) is 20.8 Å². The van der Waals surface area contributed by atoms with E-state index in [0.717, 1.165) is 16.9 Å². The van der Waals surface area contributed by atoms with Crippen molar-refractivity contribution in [2.75, 3.05) is 4.90 Å². The van der Waals surface area contributed by atoms with Crippen LogP contribution in [0.4, 0.5) is 17.1 Å². The number of carbonyl (C=O) groups excluding carboxylic acids is 1. The lowest BCUT2D eigenvalue weighted by atomic mass is 9.86. The predicted molar refractivity (Wildman–Crippen MR) is 111 cm³/mol. The summed E-state index contributed by atoms with van der Waals surface area (Å²) in [7, 11) is 0. The molecular formula is C24H25NO2. The molecule has 0 atom stereocenters. The van der Waals surface area contributed by atoms with Gasteiger partial charge in [-0.3, -0.25) is 4.79 Å². The quantitative estimate of drug-likeness (QED) is 0.551. The van der Waals surface area contributed by atoms with Gasteiger partial charge in [0.2, 0.25) is 0 Å². The first-order valence-corrected chi connectivity index (χ1v) is 9.07. The Morgan fingerprint density at radius 1 is 0.852 bits per heavy atom. The van der Waals surface area contributed by atoms with Crippen molar-refractivity contribution in [3.8, 4) is 5.75 Å². The molecule has 0 saturated carbocycles.